The van der Waals surface area contributed by atoms with Crippen molar-refractivity contribution in [2.24, 2.45) is 5.28 Å². The number of hydrazine groups is 1. The minimum absolute atomic E-state index is 0.0397. The second kappa shape index (κ2) is 13.4. The predicted octanol–water partition coefficient (Wildman–Crippen LogP) is 4.81. The molecule has 19 heteroatoms. The molecule has 3 heterocycles. The normalized spacial score (nSPS) is 17.0. The van der Waals surface area contributed by atoms with Crippen LogP contribution in [0.2, 0.25) is 0 Å². The van der Waals surface area contributed by atoms with Crippen molar-refractivity contribution in [3.8, 4) is 16.9 Å². The molecule has 2 aliphatic rings. The quantitative estimate of drug-likeness (QED) is 0.109. The van der Waals surface area contributed by atoms with E-state index in [1.807, 2.05) is 6.92 Å². The smallest absolute Gasteiger partial charge is 0.435 e. The van der Waals surface area contributed by atoms with Crippen molar-refractivity contribution in [1.29, 1.82) is 0 Å². The number of carbonyl (C=O) groups excluding carboxylic acids is 3. The Hall–Kier alpha value is -5.98. The van der Waals surface area contributed by atoms with Gasteiger partial charge in [0.05, 0.1) is 38.9 Å². The van der Waals surface area contributed by atoms with E-state index in [1.54, 1.807) is 41.1 Å². The fourth-order valence-corrected chi connectivity index (χ4v) is 6.34. The lowest BCUT2D eigenvalue weighted by molar-refractivity contribution is -0.709. The van der Waals surface area contributed by atoms with E-state index in [4.69, 9.17) is 9.57 Å². The average molecular weight is 728 g/mol. The lowest BCUT2D eigenvalue weighted by atomic mass is 10.1. The molecule has 2 atom stereocenters. The zero-order valence-electron chi connectivity index (χ0n) is 26.8. The molecular formula is C32H28F3N7O8S. The largest absolute Gasteiger partial charge is 0.569 e. The highest BCUT2D eigenvalue weighted by Crippen LogP contribution is 2.33. The first-order valence-corrected chi connectivity index (χ1v) is 16.7. The van der Waals surface area contributed by atoms with E-state index in [9.17, 15) is 41.2 Å². The van der Waals surface area contributed by atoms with Gasteiger partial charge in [-0.15, -0.1) is 5.01 Å². The Bertz CT molecular complexity index is 2100. The van der Waals surface area contributed by atoms with Crippen molar-refractivity contribution in [2.45, 2.75) is 43.7 Å². The summed E-state index contributed by atoms with van der Waals surface area (Å²) in [5.74, 6) is -1.21. The average Bonchev–Trinajstić information content (AvgIpc) is 3.81. The number of hydrogen-bond donors (Lipinski definition) is 1. The number of aryl methyl sites for hydroxylation is 1. The molecule has 1 N–H and O–H groups in total. The molecule has 0 radical (unpaired) electrons. The molecule has 1 saturated heterocycles. The van der Waals surface area contributed by atoms with Crippen LogP contribution in [0, 0.1) is 12.1 Å². The maximum absolute atomic E-state index is 13.5. The molecule has 3 aromatic carbocycles. The Kier molecular flexibility index (Phi) is 9.15. The number of ether oxygens (including phenoxy) is 1. The number of alkyl halides is 3. The molecule has 2 unspecified atom stereocenters. The third kappa shape index (κ3) is 7.18. The van der Waals surface area contributed by atoms with Crippen molar-refractivity contribution in [3.05, 3.63) is 106 Å². The Morgan fingerprint density at radius 1 is 1.04 bits per heavy atom. The number of nitrogens with one attached hydrogen (secondary N) is 1. The summed E-state index contributed by atoms with van der Waals surface area (Å²) in [4.78, 5) is 43.4. The minimum Gasteiger partial charge on any atom is -0.569 e. The van der Waals surface area contributed by atoms with Crippen LogP contribution >= 0.6 is 0 Å². The highest BCUT2D eigenvalue weighted by molar-refractivity contribution is 7.90. The fourth-order valence-electron chi connectivity index (χ4n) is 5.46. The molecule has 1 fully saturated rings. The molecule has 51 heavy (non-hydrogen) atoms. The van der Waals surface area contributed by atoms with E-state index in [-0.39, 0.29) is 51.9 Å². The van der Waals surface area contributed by atoms with Crippen LogP contribution in [0.15, 0.2) is 89.0 Å². The van der Waals surface area contributed by atoms with Crippen LogP contribution < -0.4 is 4.72 Å². The first-order valence-electron chi connectivity index (χ1n) is 15.3. The summed E-state index contributed by atoms with van der Waals surface area (Å²) in [7, 11) is -4.49. The van der Waals surface area contributed by atoms with Crippen molar-refractivity contribution in [3.63, 3.8) is 0 Å². The lowest BCUT2D eigenvalue weighted by Gasteiger charge is -2.19. The molecular weight excluding hydrogens is 699 g/mol. The number of fused-ring (bicyclic) bond motifs is 1. The van der Waals surface area contributed by atoms with Gasteiger partial charge in [0.15, 0.2) is 5.69 Å². The highest BCUT2D eigenvalue weighted by Gasteiger charge is 2.40. The van der Waals surface area contributed by atoms with Crippen molar-refractivity contribution in [2.75, 3.05) is 13.1 Å². The van der Waals surface area contributed by atoms with Crippen LogP contribution in [0.5, 0.6) is 0 Å². The first kappa shape index (κ1) is 34.9. The van der Waals surface area contributed by atoms with Crippen LogP contribution in [-0.2, 0) is 25.8 Å². The number of hydrogen-bond acceptors (Lipinski definition) is 10. The van der Waals surface area contributed by atoms with Gasteiger partial charge in [-0.1, -0.05) is 42.0 Å². The van der Waals surface area contributed by atoms with Gasteiger partial charge in [-0.2, -0.15) is 18.3 Å². The van der Waals surface area contributed by atoms with Gasteiger partial charge in [0.2, 0.25) is 11.5 Å². The van der Waals surface area contributed by atoms with Crippen LogP contribution in [0.1, 0.15) is 45.3 Å². The topological polar surface area (TPSA) is 179 Å². The van der Waals surface area contributed by atoms with Crippen LogP contribution in [0.4, 0.5) is 18.0 Å². The summed E-state index contributed by atoms with van der Waals surface area (Å²) in [6, 6.07) is 18.5. The van der Waals surface area contributed by atoms with E-state index in [0.717, 1.165) is 38.4 Å². The fraction of sp³-hybridized carbons (Fsp3) is 0.250. The van der Waals surface area contributed by atoms with Crippen molar-refractivity contribution >= 4 is 27.9 Å². The number of imide groups is 1. The molecule has 0 aliphatic carbocycles. The summed E-state index contributed by atoms with van der Waals surface area (Å²) in [5.41, 5.74) is 0.849. The second-order valence-corrected chi connectivity index (χ2v) is 13.3. The van der Waals surface area contributed by atoms with Gasteiger partial charge in [0.1, 0.15) is 12.6 Å². The molecule has 1 aromatic heterocycles. The van der Waals surface area contributed by atoms with Gasteiger partial charge >= 0.3 is 12.3 Å². The number of nitrogens with zero attached hydrogens (tertiary/aromatic N) is 6. The SMILES string of the molecule is Cc1ccc(-c2cc(C(F)(F)F)nn2-c2ccc(S(=O)(=O)NC(=O)OC3CCN([N+]([O-])=NOC(C)N4C(=O)c5ccccc5C4=O)C3)cc2)cc1. The van der Waals surface area contributed by atoms with Gasteiger partial charge < -0.3 is 14.8 Å². The maximum atomic E-state index is 13.5. The van der Waals surface area contributed by atoms with Gasteiger partial charge in [0.25, 0.3) is 21.8 Å². The van der Waals surface area contributed by atoms with Gasteiger partial charge in [0, 0.05) is 12.0 Å². The third-order valence-corrected chi connectivity index (χ3v) is 9.38. The summed E-state index contributed by atoms with van der Waals surface area (Å²) in [5, 5.41) is 20.7. The number of carbonyl (C=O) groups is 3. The van der Waals surface area contributed by atoms with Gasteiger partial charge in [-0.25, -0.2) is 27.5 Å². The number of benzene rings is 3. The van der Waals surface area contributed by atoms with E-state index in [1.165, 1.54) is 31.2 Å². The third-order valence-electron chi connectivity index (χ3n) is 8.05. The second-order valence-electron chi connectivity index (χ2n) is 11.6. The van der Waals surface area contributed by atoms with E-state index < -0.39 is 52.1 Å². The van der Waals surface area contributed by atoms with Gasteiger partial charge in [-0.3, -0.25) is 9.59 Å². The molecule has 0 saturated carbocycles. The number of sulfonamides is 1. The van der Waals surface area contributed by atoms with Crippen LogP contribution in [0.3, 0.4) is 0 Å². The maximum Gasteiger partial charge on any atom is 0.435 e. The summed E-state index contributed by atoms with van der Waals surface area (Å²) < 4.78 is 74.5. The number of halogens is 3. The van der Waals surface area contributed by atoms with Crippen LogP contribution in [0.25, 0.3) is 16.9 Å². The Balaban J connectivity index is 1.05. The number of rotatable bonds is 9. The molecule has 6 rings (SSSR count). The summed E-state index contributed by atoms with van der Waals surface area (Å²) >= 11 is 0. The lowest BCUT2D eigenvalue weighted by Crippen LogP contribution is -2.39. The van der Waals surface area contributed by atoms with Crippen molar-refractivity contribution in [1.82, 2.24) is 24.4 Å². The zero-order chi connectivity index (χ0) is 36.7. The molecule has 0 bridgehead atoms. The Morgan fingerprint density at radius 3 is 2.27 bits per heavy atom. The van der Waals surface area contributed by atoms with E-state index in [2.05, 4.69) is 10.4 Å². The number of amides is 3. The molecule has 15 nitrogen and oxygen atoms in total. The molecule has 0 spiro atoms. The molecule has 3 amide bonds. The zero-order valence-corrected chi connectivity index (χ0v) is 27.6. The Labute approximate surface area is 288 Å². The summed E-state index contributed by atoms with van der Waals surface area (Å²) in [6.45, 7) is 3.04. The van der Waals surface area contributed by atoms with Gasteiger partial charge in [-0.05, 0) is 56.3 Å². The monoisotopic (exact) mass is 727 g/mol. The predicted molar refractivity (Wildman–Crippen MR) is 169 cm³/mol. The van der Waals surface area contributed by atoms with E-state index in [0.29, 0.717) is 5.56 Å². The first-order chi connectivity index (χ1) is 24.1. The molecule has 4 aromatic rings. The molecule has 266 valence electrons. The van der Waals surface area contributed by atoms with E-state index >= 15 is 0 Å². The highest BCUT2D eigenvalue weighted by atomic mass is 32.2. The van der Waals surface area contributed by atoms with Crippen LogP contribution in [-0.4, -0.2) is 76.4 Å². The minimum atomic E-state index is -4.73. The molecule has 2 aliphatic heterocycles. The standard InChI is InChI=1S/C32H28F3N7O8S/c1-19-7-9-21(10-8-19)27-17-28(32(33,34)35)36-41(27)22-11-13-24(14-12-22)51(47,48)37-31(45)49-23-15-16-39(18-23)42(46)38-50-20(2)40-29(43)25-5-3-4-6-26(25)30(40)44/h3-14,17,20,23H,15-16,18H2,1-2H3,(H,37,45). The summed E-state index contributed by atoms with van der Waals surface area (Å²) in [6.07, 6.45) is -8.09. The Morgan fingerprint density at radius 2 is 1.67 bits per heavy atom. The van der Waals surface area contributed by atoms with Crippen molar-refractivity contribution < 1.29 is 50.5 Å². The number of aromatic nitrogens is 2.